The molecule has 0 bridgehead atoms. The third-order valence-corrected chi connectivity index (χ3v) is 8.09. The molecule has 0 aliphatic carbocycles. The first-order valence-corrected chi connectivity index (χ1v) is 13.1. The van der Waals surface area contributed by atoms with Gasteiger partial charge in [0.2, 0.25) is 5.78 Å². The molecule has 0 spiro atoms. The van der Waals surface area contributed by atoms with Crippen molar-refractivity contribution in [2.45, 2.75) is 13.3 Å². The summed E-state index contributed by atoms with van der Waals surface area (Å²) in [6.45, 7) is 1.98. The fourth-order valence-corrected chi connectivity index (χ4v) is 6.33. The maximum absolute atomic E-state index is 12.7. The topological polar surface area (TPSA) is 122 Å². The number of carbonyl (C=O) groups is 3. The number of halogens is 1. The number of benzene rings is 3. The number of aromatic nitrogens is 2. The standard InChI is InChI=1S/C27H20IN3O5S/c1-13-6-7-18-22(8-13)37-27(29-18)30-25(34)21(33)10-14-4-3-5-15(9-14)24-23(28)16-11-17(26(35)36)20(32)12-19(16)31(24)2/h3-9,11-12,32H,10H2,1-2H3,(H,35,36)(H,29,30,34). The largest absolute Gasteiger partial charge is 0.507 e. The molecule has 0 unspecified atom stereocenters. The van der Waals surface area contributed by atoms with Crippen LogP contribution in [0, 0.1) is 10.5 Å². The lowest BCUT2D eigenvalue weighted by molar-refractivity contribution is -0.134. The number of fused-ring (bicyclic) bond motifs is 2. The number of phenols is 1. The fraction of sp³-hybridized carbons (Fsp3) is 0.111. The minimum atomic E-state index is -1.21. The molecule has 0 saturated carbocycles. The van der Waals surface area contributed by atoms with E-state index in [4.69, 9.17) is 0 Å². The Morgan fingerprint density at radius 1 is 1.11 bits per heavy atom. The first-order valence-electron chi connectivity index (χ1n) is 11.2. The van der Waals surface area contributed by atoms with Crippen LogP contribution in [0.4, 0.5) is 5.13 Å². The molecule has 0 atom stereocenters. The van der Waals surface area contributed by atoms with E-state index in [0.717, 1.165) is 30.6 Å². The van der Waals surface area contributed by atoms with Crippen molar-refractivity contribution in [2.75, 3.05) is 5.32 Å². The Kier molecular flexibility index (Phi) is 6.46. The van der Waals surface area contributed by atoms with Crippen LogP contribution in [0.3, 0.4) is 0 Å². The highest BCUT2D eigenvalue weighted by Gasteiger charge is 2.21. The molecular formula is C27H20IN3O5S. The number of aryl methyl sites for hydroxylation is 2. The molecule has 10 heteroatoms. The number of hydrogen-bond donors (Lipinski definition) is 3. The molecule has 0 saturated heterocycles. The number of aromatic carboxylic acids is 1. The molecule has 8 nitrogen and oxygen atoms in total. The van der Waals surface area contributed by atoms with Crippen LogP contribution in [-0.2, 0) is 23.1 Å². The van der Waals surface area contributed by atoms with Crippen molar-refractivity contribution in [3.8, 4) is 17.0 Å². The van der Waals surface area contributed by atoms with E-state index in [-0.39, 0.29) is 17.7 Å². The molecule has 3 N–H and O–H groups in total. The van der Waals surface area contributed by atoms with Gasteiger partial charge in [-0.3, -0.25) is 14.9 Å². The zero-order valence-electron chi connectivity index (χ0n) is 19.7. The lowest BCUT2D eigenvalue weighted by Crippen LogP contribution is -2.24. The van der Waals surface area contributed by atoms with E-state index in [9.17, 15) is 24.6 Å². The molecule has 5 aromatic rings. The number of nitrogens with one attached hydrogen (secondary N) is 1. The quantitative estimate of drug-likeness (QED) is 0.169. The van der Waals surface area contributed by atoms with Gasteiger partial charge in [-0.05, 0) is 70.5 Å². The minimum absolute atomic E-state index is 0.0891. The predicted molar refractivity (Wildman–Crippen MR) is 151 cm³/mol. The van der Waals surface area contributed by atoms with E-state index >= 15 is 0 Å². The van der Waals surface area contributed by atoms with Crippen molar-refractivity contribution >= 4 is 77.8 Å². The monoisotopic (exact) mass is 625 g/mol. The van der Waals surface area contributed by atoms with Gasteiger partial charge in [-0.2, -0.15) is 0 Å². The predicted octanol–water partition coefficient (Wildman–Crippen LogP) is 5.52. The van der Waals surface area contributed by atoms with Crippen LogP contribution in [0.25, 0.3) is 32.4 Å². The summed E-state index contributed by atoms with van der Waals surface area (Å²) in [4.78, 5) is 41.2. The molecule has 186 valence electrons. The Labute approximate surface area is 228 Å². The van der Waals surface area contributed by atoms with Crippen molar-refractivity contribution in [3.63, 3.8) is 0 Å². The normalized spacial score (nSPS) is 11.2. The third kappa shape index (κ3) is 4.69. The highest BCUT2D eigenvalue weighted by Crippen LogP contribution is 2.37. The molecule has 0 aliphatic heterocycles. The van der Waals surface area contributed by atoms with Gasteiger partial charge in [-0.15, -0.1) is 0 Å². The summed E-state index contributed by atoms with van der Waals surface area (Å²) in [6.07, 6.45) is -0.0891. The van der Waals surface area contributed by atoms with Gasteiger partial charge in [0.15, 0.2) is 5.13 Å². The number of ketones is 1. The summed E-state index contributed by atoms with van der Waals surface area (Å²) < 4.78 is 3.61. The van der Waals surface area contributed by atoms with E-state index in [0.29, 0.717) is 21.6 Å². The van der Waals surface area contributed by atoms with Crippen LogP contribution in [0.2, 0.25) is 0 Å². The summed E-state index contributed by atoms with van der Waals surface area (Å²) in [5, 5.41) is 23.2. The van der Waals surface area contributed by atoms with Gasteiger partial charge in [0.05, 0.1) is 21.4 Å². The van der Waals surface area contributed by atoms with Crippen molar-refractivity contribution in [1.82, 2.24) is 9.55 Å². The number of nitrogens with zero attached hydrogens (tertiary/aromatic N) is 2. The highest BCUT2D eigenvalue weighted by atomic mass is 127. The fourth-order valence-electron chi connectivity index (χ4n) is 4.26. The zero-order valence-corrected chi connectivity index (χ0v) is 22.7. The second kappa shape index (κ2) is 9.60. The number of aromatic hydroxyl groups is 1. The van der Waals surface area contributed by atoms with E-state index in [2.05, 4.69) is 32.9 Å². The SMILES string of the molecule is Cc1ccc2nc(NC(=O)C(=O)Cc3cccc(-c4c(I)c5cc(C(=O)O)c(O)cc5n4C)c3)sc2c1. The first-order chi connectivity index (χ1) is 17.6. The van der Waals surface area contributed by atoms with Crippen LogP contribution >= 0.6 is 33.9 Å². The molecule has 2 aromatic heterocycles. The number of anilines is 1. The lowest BCUT2D eigenvalue weighted by atomic mass is 10.0. The third-order valence-electron chi connectivity index (χ3n) is 6.07. The Bertz CT molecular complexity index is 1750. The lowest BCUT2D eigenvalue weighted by Gasteiger charge is -2.08. The van der Waals surface area contributed by atoms with Crippen LogP contribution in [0.15, 0.2) is 54.6 Å². The average molecular weight is 625 g/mol. The number of hydrogen-bond acceptors (Lipinski definition) is 6. The van der Waals surface area contributed by atoms with Crippen molar-refractivity contribution in [2.24, 2.45) is 7.05 Å². The number of carboxylic acid groups (broad SMARTS) is 1. The summed E-state index contributed by atoms with van der Waals surface area (Å²) in [5.41, 5.74) is 4.62. The van der Waals surface area contributed by atoms with Crippen LogP contribution in [0.5, 0.6) is 5.75 Å². The molecule has 0 fully saturated rings. The van der Waals surface area contributed by atoms with Gasteiger partial charge >= 0.3 is 5.97 Å². The van der Waals surface area contributed by atoms with Crippen LogP contribution < -0.4 is 5.32 Å². The van der Waals surface area contributed by atoms with Gasteiger partial charge in [0.1, 0.15) is 11.3 Å². The highest BCUT2D eigenvalue weighted by molar-refractivity contribution is 14.1. The second-order valence-electron chi connectivity index (χ2n) is 8.66. The summed E-state index contributed by atoms with van der Waals surface area (Å²) in [7, 11) is 1.82. The average Bonchev–Trinajstić information content (AvgIpc) is 3.35. The van der Waals surface area contributed by atoms with Crippen LogP contribution in [0.1, 0.15) is 21.5 Å². The number of carbonyl (C=O) groups excluding carboxylic acids is 2. The van der Waals surface area contributed by atoms with E-state index < -0.39 is 17.7 Å². The summed E-state index contributed by atoms with van der Waals surface area (Å²) in [6, 6.07) is 16.0. The maximum Gasteiger partial charge on any atom is 0.339 e. The van der Waals surface area contributed by atoms with Crippen molar-refractivity contribution in [3.05, 3.63) is 74.9 Å². The van der Waals surface area contributed by atoms with Gasteiger partial charge < -0.3 is 14.8 Å². The number of rotatable bonds is 6. The molecule has 5 rings (SSSR count). The molecule has 37 heavy (non-hydrogen) atoms. The molecule has 0 aliphatic rings. The van der Waals surface area contributed by atoms with Crippen molar-refractivity contribution < 1.29 is 24.6 Å². The number of amides is 1. The van der Waals surface area contributed by atoms with Crippen molar-refractivity contribution in [1.29, 1.82) is 0 Å². The molecule has 1 amide bonds. The van der Waals surface area contributed by atoms with Gasteiger partial charge in [-0.25, -0.2) is 9.78 Å². The van der Waals surface area contributed by atoms with E-state index in [1.807, 2.05) is 48.9 Å². The number of Topliss-reactive ketones (excluding diaryl/α,β-unsaturated/α-hetero) is 1. The maximum atomic E-state index is 12.7. The number of thiazole rings is 1. The Morgan fingerprint density at radius 3 is 2.65 bits per heavy atom. The van der Waals surface area contributed by atoms with Gasteiger partial charge in [0.25, 0.3) is 5.91 Å². The Hall–Kier alpha value is -3.77. The Balaban J connectivity index is 1.40. The van der Waals surface area contributed by atoms with E-state index in [1.54, 1.807) is 12.1 Å². The van der Waals surface area contributed by atoms with Gasteiger partial charge in [0, 0.05) is 28.5 Å². The summed E-state index contributed by atoms with van der Waals surface area (Å²) in [5.74, 6) is -2.83. The second-order valence-corrected chi connectivity index (χ2v) is 10.8. The van der Waals surface area contributed by atoms with E-state index in [1.165, 1.54) is 23.5 Å². The smallest absolute Gasteiger partial charge is 0.339 e. The number of carboxylic acids is 1. The summed E-state index contributed by atoms with van der Waals surface area (Å²) >= 11 is 3.47. The molecule has 0 radical (unpaired) electrons. The minimum Gasteiger partial charge on any atom is -0.507 e. The van der Waals surface area contributed by atoms with Gasteiger partial charge in [-0.1, -0.05) is 35.6 Å². The first kappa shape index (κ1) is 24.9. The molecule has 3 aromatic carbocycles. The molecular weight excluding hydrogens is 605 g/mol. The Morgan fingerprint density at radius 2 is 1.89 bits per heavy atom. The molecule has 2 heterocycles. The zero-order chi connectivity index (χ0) is 26.4. The van der Waals surface area contributed by atoms with Crippen LogP contribution in [-0.4, -0.2) is 37.4 Å².